The van der Waals surface area contributed by atoms with Crippen molar-refractivity contribution >= 4 is 17.6 Å². The molecule has 150 valence electrons. The SMILES string of the molecule is COc1ccc(OC)c(NC(=O)C(C)OC(=O)COc2ccccc2OC)c1. The number of amides is 1. The number of hydrogen-bond donors (Lipinski definition) is 1. The lowest BCUT2D eigenvalue weighted by Gasteiger charge is -2.16. The van der Waals surface area contributed by atoms with Crippen LogP contribution in [0.1, 0.15) is 6.92 Å². The molecule has 2 aromatic rings. The molecule has 0 aliphatic carbocycles. The molecule has 28 heavy (non-hydrogen) atoms. The van der Waals surface area contributed by atoms with Crippen LogP contribution in [0.25, 0.3) is 0 Å². The van der Waals surface area contributed by atoms with Crippen LogP contribution in [0.2, 0.25) is 0 Å². The third kappa shape index (κ3) is 5.54. The van der Waals surface area contributed by atoms with Crippen molar-refractivity contribution in [2.75, 3.05) is 33.3 Å². The predicted octanol–water partition coefficient (Wildman–Crippen LogP) is 2.66. The third-order valence-corrected chi connectivity index (χ3v) is 3.76. The summed E-state index contributed by atoms with van der Waals surface area (Å²) >= 11 is 0. The minimum Gasteiger partial charge on any atom is -0.497 e. The van der Waals surface area contributed by atoms with Gasteiger partial charge in [-0.05, 0) is 31.2 Å². The fraction of sp³-hybridized carbons (Fsp3) is 0.300. The maximum atomic E-state index is 12.3. The molecule has 0 aromatic heterocycles. The molecule has 0 fully saturated rings. The topological polar surface area (TPSA) is 92.3 Å². The number of carbonyl (C=O) groups excluding carboxylic acids is 2. The Labute approximate surface area is 163 Å². The molecule has 1 unspecified atom stereocenters. The third-order valence-electron chi connectivity index (χ3n) is 3.76. The minimum atomic E-state index is -1.04. The van der Waals surface area contributed by atoms with Crippen LogP contribution in [-0.2, 0) is 14.3 Å². The van der Waals surface area contributed by atoms with E-state index in [0.717, 1.165) is 0 Å². The summed E-state index contributed by atoms with van der Waals surface area (Å²) in [6, 6.07) is 11.9. The Kier molecular flexibility index (Phi) is 7.50. The van der Waals surface area contributed by atoms with Crippen molar-refractivity contribution in [2.24, 2.45) is 0 Å². The van der Waals surface area contributed by atoms with Crippen molar-refractivity contribution in [1.29, 1.82) is 0 Å². The Morgan fingerprint density at radius 3 is 2.25 bits per heavy atom. The van der Waals surface area contributed by atoms with E-state index < -0.39 is 18.0 Å². The summed E-state index contributed by atoms with van der Waals surface area (Å²) in [7, 11) is 4.50. The molecule has 0 heterocycles. The van der Waals surface area contributed by atoms with Crippen LogP contribution >= 0.6 is 0 Å². The summed E-state index contributed by atoms with van der Waals surface area (Å²) in [5.74, 6) is 0.688. The molecule has 0 radical (unpaired) electrons. The molecule has 0 spiro atoms. The second kappa shape index (κ2) is 10.1. The predicted molar refractivity (Wildman–Crippen MR) is 102 cm³/mol. The Bertz CT molecular complexity index is 822. The summed E-state index contributed by atoms with van der Waals surface area (Å²) in [6.07, 6.45) is -1.04. The minimum absolute atomic E-state index is 0.361. The lowest BCUT2D eigenvalue weighted by molar-refractivity contribution is -0.155. The van der Waals surface area contributed by atoms with Crippen molar-refractivity contribution < 1.29 is 33.3 Å². The van der Waals surface area contributed by atoms with Gasteiger partial charge in [0.2, 0.25) is 0 Å². The van der Waals surface area contributed by atoms with Gasteiger partial charge in [-0.25, -0.2) is 4.79 Å². The van der Waals surface area contributed by atoms with E-state index in [0.29, 0.717) is 28.7 Å². The van der Waals surface area contributed by atoms with Crippen LogP contribution in [0.15, 0.2) is 42.5 Å². The molecule has 0 saturated heterocycles. The lowest BCUT2D eigenvalue weighted by Crippen LogP contribution is -2.31. The molecule has 0 aliphatic rings. The van der Waals surface area contributed by atoms with E-state index in [1.165, 1.54) is 28.3 Å². The second-order valence-electron chi connectivity index (χ2n) is 5.63. The maximum Gasteiger partial charge on any atom is 0.344 e. The van der Waals surface area contributed by atoms with E-state index in [1.807, 2.05) is 0 Å². The van der Waals surface area contributed by atoms with Gasteiger partial charge in [-0.15, -0.1) is 0 Å². The zero-order chi connectivity index (χ0) is 20.5. The second-order valence-corrected chi connectivity index (χ2v) is 5.63. The summed E-state index contributed by atoms with van der Waals surface area (Å²) in [5, 5.41) is 2.65. The van der Waals surface area contributed by atoms with Gasteiger partial charge in [-0.3, -0.25) is 4.79 Å². The molecule has 2 rings (SSSR count). The lowest BCUT2D eigenvalue weighted by atomic mass is 10.2. The van der Waals surface area contributed by atoms with Crippen LogP contribution in [-0.4, -0.2) is 45.9 Å². The molecule has 8 nitrogen and oxygen atoms in total. The Hall–Kier alpha value is -3.42. The highest BCUT2D eigenvalue weighted by Crippen LogP contribution is 2.29. The number of anilines is 1. The Morgan fingerprint density at radius 2 is 1.61 bits per heavy atom. The van der Waals surface area contributed by atoms with Gasteiger partial charge in [0.05, 0.1) is 27.0 Å². The fourth-order valence-corrected chi connectivity index (χ4v) is 2.31. The molecular weight excluding hydrogens is 366 g/mol. The van der Waals surface area contributed by atoms with E-state index >= 15 is 0 Å². The number of methoxy groups -OCH3 is 3. The van der Waals surface area contributed by atoms with Crippen LogP contribution in [0.5, 0.6) is 23.0 Å². The number of para-hydroxylation sites is 2. The summed E-state index contributed by atoms with van der Waals surface area (Å²) in [5.41, 5.74) is 0.403. The van der Waals surface area contributed by atoms with E-state index in [9.17, 15) is 9.59 Å². The standard InChI is InChI=1S/C20H23NO7/c1-13(20(23)21-15-11-14(24-2)9-10-16(15)25-3)28-19(22)12-27-18-8-6-5-7-17(18)26-4/h5-11,13H,12H2,1-4H3,(H,21,23). The number of hydrogen-bond acceptors (Lipinski definition) is 7. The number of rotatable bonds is 9. The number of nitrogens with one attached hydrogen (secondary N) is 1. The summed E-state index contributed by atoms with van der Waals surface area (Å²) in [4.78, 5) is 24.3. The van der Waals surface area contributed by atoms with Crippen LogP contribution < -0.4 is 24.3 Å². The van der Waals surface area contributed by atoms with E-state index in [4.69, 9.17) is 23.7 Å². The quantitative estimate of drug-likeness (QED) is 0.659. The van der Waals surface area contributed by atoms with Crippen molar-refractivity contribution in [1.82, 2.24) is 0 Å². The Morgan fingerprint density at radius 1 is 0.929 bits per heavy atom. The van der Waals surface area contributed by atoms with Gasteiger partial charge in [0.25, 0.3) is 5.91 Å². The molecule has 8 heteroatoms. The van der Waals surface area contributed by atoms with Crippen LogP contribution in [0, 0.1) is 0 Å². The molecule has 1 N–H and O–H groups in total. The number of carbonyl (C=O) groups is 2. The highest BCUT2D eigenvalue weighted by molar-refractivity contribution is 5.96. The van der Waals surface area contributed by atoms with Crippen molar-refractivity contribution in [3.8, 4) is 23.0 Å². The highest BCUT2D eigenvalue weighted by Gasteiger charge is 2.20. The zero-order valence-electron chi connectivity index (χ0n) is 16.2. The van der Waals surface area contributed by atoms with Gasteiger partial charge in [-0.2, -0.15) is 0 Å². The number of esters is 1. The first kappa shape index (κ1) is 20.9. The zero-order valence-corrected chi connectivity index (χ0v) is 16.2. The van der Waals surface area contributed by atoms with E-state index in [-0.39, 0.29) is 6.61 Å². The molecule has 1 atom stereocenters. The van der Waals surface area contributed by atoms with E-state index in [2.05, 4.69) is 5.32 Å². The van der Waals surface area contributed by atoms with Gasteiger partial charge in [0.15, 0.2) is 24.2 Å². The van der Waals surface area contributed by atoms with Gasteiger partial charge in [-0.1, -0.05) is 12.1 Å². The van der Waals surface area contributed by atoms with Crippen LogP contribution in [0.3, 0.4) is 0 Å². The van der Waals surface area contributed by atoms with Gasteiger partial charge in [0, 0.05) is 6.07 Å². The molecular formula is C20H23NO7. The Balaban J connectivity index is 1.92. The van der Waals surface area contributed by atoms with Crippen molar-refractivity contribution in [2.45, 2.75) is 13.0 Å². The van der Waals surface area contributed by atoms with Crippen molar-refractivity contribution in [3.05, 3.63) is 42.5 Å². The van der Waals surface area contributed by atoms with Crippen LogP contribution in [0.4, 0.5) is 5.69 Å². The number of benzene rings is 2. The first-order chi connectivity index (χ1) is 13.5. The van der Waals surface area contributed by atoms with E-state index in [1.54, 1.807) is 42.5 Å². The highest BCUT2D eigenvalue weighted by atomic mass is 16.6. The molecule has 0 aliphatic heterocycles. The molecule has 2 aromatic carbocycles. The molecule has 1 amide bonds. The molecule has 0 bridgehead atoms. The summed E-state index contributed by atoms with van der Waals surface area (Å²) in [6.45, 7) is 1.10. The average Bonchev–Trinajstić information content (AvgIpc) is 2.72. The monoisotopic (exact) mass is 389 g/mol. The normalized spacial score (nSPS) is 11.1. The molecule has 0 saturated carbocycles. The fourth-order valence-electron chi connectivity index (χ4n) is 2.31. The van der Waals surface area contributed by atoms with Gasteiger partial charge in [0.1, 0.15) is 11.5 Å². The van der Waals surface area contributed by atoms with Gasteiger partial charge >= 0.3 is 5.97 Å². The maximum absolute atomic E-state index is 12.3. The van der Waals surface area contributed by atoms with Gasteiger partial charge < -0.3 is 29.0 Å². The van der Waals surface area contributed by atoms with Crippen molar-refractivity contribution in [3.63, 3.8) is 0 Å². The first-order valence-corrected chi connectivity index (χ1v) is 8.46. The first-order valence-electron chi connectivity index (χ1n) is 8.46. The largest absolute Gasteiger partial charge is 0.497 e. The average molecular weight is 389 g/mol. The number of ether oxygens (including phenoxy) is 5. The smallest absolute Gasteiger partial charge is 0.344 e. The summed E-state index contributed by atoms with van der Waals surface area (Å²) < 4.78 is 26.0.